The average Bonchev–Trinajstić information content (AvgIpc) is 3.00. The van der Waals surface area contributed by atoms with Gasteiger partial charge in [-0.2, -0.15) is 0 Å². The van der Waals surface area contributed by atoms with Crippen molar-refractivity contribution in [2.45, 2.75) is 104 Å². The van der Waals surface area contributed by atoms with Gasteiger partial charge in [0.25, 0.3) is 0 Å². The van der Waals surface area contributed by atoms with Gasteiger partial charge in [-0.25, -0.2) is 0 Å². The lowest BCUT2D eigenvalue weighted by Gasteiger charge is -2.62. The molecule has 2 heteroatoms. The van der Waals surface area contributed by atoms with Crippen LogP contribution in [-0.2, 0) is 0 Å². The summed E-state index contributed by atoms with van der Waals surface area (Å²) in [6, 6.07) is 0. The molecule has 0 spiro atoms. The molecule has 2 N–H and O–H groups in total. The normalized spacial score (nSPS) is 49.0. The third-order valence-electron chi connectivity index (χ3n) is 10.2. The lowest BCUT2D eigenvalue weighted by molar-refractivity contribution is -0.169. The third-order valence-corrected chi connectivity index (χ3v) is 10.2. The number of aliphatic hydroxyl groups is 2. The molecule has 164 valence electrons. The Labute approximate surface area is 178 Å². The largest absolute Gasteiger partial charge is 0.393 e. The Balaban J connectivity index is 1.53. The van der Waals surface area contributed by atoms with Gasteiger partial charge in [0.05, 0.1) is 12.2 Å². The lowest BCUT2D eigenvalue weighted by atomic mass is 9.44. The summed E-state index contributed by atoms with van der Waals surface area (Å²) in [6.07, 6.45) is 13.2. The highest BCUT2D eigenvalue weighted by molar-refractivity contribution is 5.17. The number of fused-ring (bicyclic) bond motifs is 5. The fraction of sp³-hybridized carbons (Fsp3) is 0.852. The van der Waals surface area contributed by atoms with Gasteiger partial charge in [-0.3, -0.25) is 0 Å². The van der Waals surface area contributed by atoms with E-state index in [0.29, 0.717) is 23.2 Å². The molecule has 0 bridgehead atoms. The van der Waals surface area contributed by atoms with Crippen molar-refractivity contribution < 1.29 is 10.2 Å². The Bertz CT molecular complexity index is 661. The topological polar surface area (TPSA) is 40.5 Å². The van der Waals surface area contributed by atoms with Crippen molar-refractivity contribution >= 4 is 0 Å². The highest BCUT2D eigenvalue weighted by Crippen LogP contribution is 2.68. The van der Waals surface area contributed by atoms with E-state index in [2.05, 4.69) is 40.3 Å². The van der Waals surface area contributed by atoms with Crippen molar-refractivity contribution in [3.63, 3.8) is 0 Å². The van der Waals surface area contributed by atoms with Gasteiger partial charge in [-0.05, 0) is 118 Å². The summed E-state index contributed by atoms with van der Waals surface area (Å²) in [7, 11) is 0. The van der Waals surface area contributed by atoms with Crippen LogP contribution in [0.4, 0.5) is 0 Å². The maximum Gasteiger partial charge on any atom is 0.0577 e. The first-order valence-electron chi connectivity index (χ1n) is 12.3. The Morgan fingerprint density at radius 3 is 2.34 bits per heavy atom. The van der Waals surface area contributed by atoms with Gasteiger partial charge in [0, 0.05) is 0 Å². The van der Waals surface area contributed by atoms with Gasteiger partial charge in [0.15, 0.2) is 0 Å². The van der Waals surface area contributed by atoms with E-state index in [9.17, 15) is 10.2 Å². The van der Waals surface area contributed by atoms with Crippen molar-refractivity contribution in [2.24, 2.45) is 40.4 Å². The molecule has 29 heavy (non-hydrogen) atoms. The molecule has 4 saturated carbocycles. The first-order chi connectivity index (χ1) is 13.7. The molecule has 0 aromatic rings. The Hall–Kier alpha value is -0.600. The maximum absolute atomic E-state index is 11.1. The van der Waals surface area contributed by atoms with Crippen LogP contribution in [-0.4, -0.2) is 22.4 Å². The first-order valence-corrected chi connectivity index (χ1v) is 12.3. The monoisotopic (exact) mass is 400 g/mol. The third kappa shape index (κ3) is 3.57. The molecule has 9 atom stereocenters. The fourth-order valence-electron chi connectivity index (χ4n) is 8.67. The first kappa shape index (κ1) is 21.6. The van der Waals surface area contributed by atoms with Crippen LogP contribution in [0.2, 0.25) is 0 Å². The minimum absolute atomic E-state index is 0.201. The highest BCUT2D eigenvalue weighted by atomic mass is 16.3. The summed E-state index contributed by atoms with van der Waals surface area (Å²) in [5, 5.41) is 21.4. The second kappa shape index (κ2) is 7.83. The van der Waals surface area contributed by atoms with Crippen molar-refractivity contribution in [2.75, 3.05) is 0 Å². The molecule has 0 aromatic carbocycles. The standard InChI is InChI=1S/C27H44O2/c1-17(2)7-6-8-18(3)21-9-10-22-20-16-25(29)24-15-19(28)11-13-27(24,5)23(20)12-14-26(21,22)4/h7,19-25,28-29H,3,6,8-16H2,1-2,4-5H3/t19-,20-,21+,22-,23-,24+,25-,26+,27+/m0/s1. The van der Waals surface area contributed by atoms with Gasteiger partial charge in [0.1, 0.15) is 0 Å². The van der Waals surface area contributed by atoms with Crippen LogP contribution in [0.1, 0.15) is 91.9 Å². The van der Waals surface area contributed by atoms with Crippen LogP contribution in [0.25, 0.3) is 0 Å². The number of aliphatic hydroxyl groups excluding tert-OH is 2. The molecule has 2 nitrogen and oxygen atoms in total. The lowest BCUT2D eigenvalue weighted by Crippen LogP contribution is -2.58. The zero-order chi connectivity index (χ0) is 21.0. The highest BCUT2D eigenvalue weighted by Gasteiger charge is 2.62. The van der Waals surface area contributed by atoms with Gasteiger partial charge in [0.2, 0.25) is 0 Å². The molecule has 4 fully saturated rings. The predicted octanol–water partition coefficient (Wildman–Crippen LogP) is 6.28. The molecular formula is C27H44O2. The molecule has 0 saturated heterocycles. The number of allylic oxidation sites excluding steroid dienone is 3. The quantitative estimate of drug-likeness (QED) is 0.545. The predicted molar refractivity (Wildman–Crippen MR) is 120 cm³/mol. The molecular weight excluding hydrogens is 356 g/mol. The molecule has 4 aliphatic carbocycles. The van der Waals surface area contributed by atoms with E-state index in [0.717, 1.165) is 50.4 Å². The number of hydrogen-bond acceptors (Lipinski definition) is 2. The average molecular weight is 401 g/mol. The molecule has 0 unspecified atom stereocenters. The van der Waals surface area contributed by atoms with Crippen LogP contribution in [0.3, 0.4) is 0 Å². The minimum Gasteiger partial charge on any atom is -0.393 e. The summed E-state index contributed by atoms with van der Waals surface area (Å²) in [5.74, 6) is 3.10. The minimum atomic E-state index is -0.224. The number of rotatable bonds is 4. The van der Waals surface area contributed by atoms with Gasteiger partial charge < -0.3 is 10.2 Å². The van der Waals surface area contributed by atoms with E-state index in [4.69, 9.17) is 0 Å². The number of hydrogen-bond donors (Lipinski definition) is 2. The van der Waals surface area contributed by atoms with E-state index in [-0.39, 0.29) is 17.6 Å². The van der Waals surface area contributed by atoms with Crippen molar-refractivity contribution in [3.8, 4) is 0 Å². The van der Waals surface area contributed by atoms with Crippen LogP contribution < -0.4 is 0 Å². The smallest absolute Gasteiger partial charge is 0.0577 e. The Morgan fingerprint density at radius 1 is 0.931 bits per heavy atom. The zero-order valence-corrected chi connectivity index (χ0v) is 19.3. The SMILES string of the molecule is C=C(CCC=C(C)C)[C@H]1CC[C@H]2[C@@H]3C[C@H](O)[C@H]4C[C@@H](O)CC[C@]4(C)[C@H]3CC[C@]12C. The van der Waals surface area contributed by atoms with Crippen molar-refractivity contribution in [1.82, 2.24) is 0 Å². The second-order valence-corrected chi connectivity index (χ2v) is 11.9. The second-order valence-electron chi connectivity index (χ2n) is 11.9. The van der Waals surface area contributed by atoms with Gasteiger partial charge in [-0.15, -0.1) is 0 Å². The zero-order valence-electron chi connectivity index (χ0n) is 19.3. The molecule has 0 aliphatic heterocycles. The molecule has 0 radical (unpaired) electrons. The van der Waals surface area contributed by atoms with Crippen molar-refractivity contribution in [3.05, 3.63) is 23.8 Å². The summed E-state index contributed by atoms with van der Waals surface area (Å²) in [6.45, 7) is 14.0. The van der Waals surface area contributed by atoms with Gasteiger partial charge in [-0.1, -0.05) is 37.6 Å². The molecule has 0 amide bonds. The van der Waals surface area contributed by atoms with E-state index < -0.39 is 0 Å². The molecule has 0 heterocycles. The van der Waals surface area contributed by atoms with Crippen LogP contribution in [0.15, 0.2) is 23.8 Å². The summed E-state index contributed by atoms with van der Waals surface area (Å²) in [4.78, 5) is 0. The van der Waals surface area contributed by atoms with Crippen LogP contribution in [0, 0.1) is 40.4 Å². The van der Waals surface area contributed by atoms with E-state index in [1.165, 1.54) is 36.8 Å². The summed E-state index contributed by atoms with van der Waals surface area (Å²) >= 11 is 0. The maximum atomic E-state index is 11.1. The van der Waals surface area contributed by atoms with E-state index >= 15 is 0 Å². The van der Waals surface area contributed by atoms with Crippen LogP contribution >= 0.6 is 0 Å². The van der Waals surface area contributed by atoms with Crippen LogP contribution in [0.5, 0.6) is 0 Å². The summed E-state index contributed by atoms with van der Waals surface area (Å²) in [5.41, 5.74) is 3.49. The summed E-state index contributed by atoms with van der Waals surface area (Å²) < 4.78 is 0. The van der Waals surface area contributed by atoms with Crippen molar-refractivity contribution in [1.29, 1.82) is 0 Å². The fourth-order valence-corrected chi connectivity index (χ4v) is 8.67. The molecule has 4 aliphatic rings. The van der Waals surface area contributed by atoms with E-state index in [1.54, 1.807) is 0 Å². The Kier molecular flexibility index (Phi) is 5.84. The molecule has 0 aromatic heterocycles. The Morgan fingerprint density at radius 2 is 1.62 bits per heavy atom. The van der Waals surface area contributed by atoms with Gasteiger partial charge >= 0.3 is 0 Å². The molecule has 4 rings (SSSR count). The van der Waals surface area contributed by atoms with E-state index in [1.807, 2.05) is 0 Å².